The molecule has 0 saturated carbocycles. The number of rotatable bonds is 9. The van der Waals surface area contributed by atoms with Crippen molar-refractivity contribution in [3.8, 4) is 0 Å². The summed E-state index contributed by atoms with van der Waals surface area (Å²) in [7, 11) is 1.68. The van der Waals surface area contributed by atoms with Crippen LogP contribution in [0.2, 0.25) is 0 Å². The van der Waals surface area contributed by atoms with Gasteiger partial charge in [0, 0.05) is 0 Å². The van der Waals surface area contributed by atoms with Crippen LogP contribution in [-0.4, -0.2) is 60.6 Å². The molecule has 0 radical (unpaired) electrons. The fourth-order valence-electron chi connectivity index (χ4n) is 8.45. The van der Waals surface area contributed by atoms with Crippen molar-refractivity contribution >= 4 is 109 Å². The molecule has 0 spiro atoms. The first kappa shape index (κ1) is 37.4. The molecule has 12 heteroatoms. The zero-order valence-corrected chi connectivity index (χ0v) is 35.5. The Morgan fingerprint density at radius 3 is 1.40 bits per heavy atom. The molecule has 10 rings (SSSR count). The number of anilines is 4. The van der Waals surface area contributed by atoms with Crippen LogP contribution < -0.4 is 36.3 Å². The summed E-state index contributed by atoms with van der Waals surface area (Å²) in [5, 5.41) is 10.1. The molecule has 4 heterocycles. The van der Waals surface area contributed by atoms with Gasteiger partial charge in [-0.3, -0.25) is 0 Å². The Morgan fingerprint density at radius 2 is 0.883 bits per heavy atom. The SMILES string of the molecule is Cc1cc2cncnc2cc1N(C)c1cc2ncncc2cc1[PH](C)(c1ccccc1)c1cc2cncnc2cc1N(C)c1cc2ncncc2cc1Pc1ccccc1. The molecule has 0 fully saturated rings. The number of benzene rings is 6. The third-order valence-electron chi connectivity index (χ3n) is 11.6. The van der Waals surface area contributed by atoms with Crippen LogP contribution in [0.1, 0.15) is 5.56 Å². The first-order valence-corrected chi connectivity index (χ1v) is 23.1. The van der Waals surface area contributed by atoms with Crippen molar-refractivity contribution in [3.05, 3.63) is 165 Å². The van der Waals surface area contributed by atoms with Crippen LogP contribution in [0.3, 0.4) is 0 Å². The van der Waals surface area contributed by atoms with E-state index in [1.54, 1.807) is 25.3 Å². The van der Waals surface area contributed by atoms with Gasteiger partial charge in [0.2, 0.25) is 0 Å². The molecule has 0 aliphatic carbocycles. The quantitative estimate of drug-likeness (QED) is 0.135. The summed E-state index contributed by atoms with van der Waals surface area (Å²) >= 11 is 0. The number of nitrogens with zero attached hydrogens (tertiary/aromatic N) is 10. The maximum atomic E-state index is 4.81. The van der Waals surface area contributed by atoms with Crippen molar-refractivity contribution in [1.82, 2.24) is 39.9 Å². The minimum absolute atomic E-state index is 0.405. The maximum absolute atomic E-state index is 4.81. The van der Waals surface area contributed by atoms with E-state index in [2.05, 4.69) is 172 Å². The first-order valence-electron chi connectivity index (χ1n) is 19.6. The summed E-state index contributed by atoms with van der Waals surface area (Å²) < 4.78 is 0. The second kappa shape index (κ2) is 15.4. The van der Waals surface area contributed by atoms with Crippen molar-refractivity contribution in [1.29, 1.82) is 0 Å². The first-order chi connectivity index (χ1) is 29.3. The summed E-state index contributed by atoms with van der Waals surface area (Å²) in [6, 6.07) is 39.5. The third kappa shape index (κ3) is 6.64. The van der Waals surface area contributed by atoms with E-state index in [4.69, 9.17) is 15.0 Å². The molecular weight excluding hydrogens is 779 g/mol. The molecule has 0 saturated heterocycles. The van der Waals surface area contributed by atoms with Gasteiger partial charge in [-0.25, -0.2) is 0 Å². The Bertz CT molecular complexity index is 3220. The number of aryl methyl sites for hydroxylation is 1. The van der Waals surface area contributed by atoms with E-state index in [-0.39, 0.29) is 0 Å². The molecule has 4 aromatic heterocycles. The van der Waals surface area contributed by atoms with Crippen LogP contribution >= 0.6 is 15.8 Å². The molecule has 60 heavy (non-hydrogen) atoms. The van der Waals surface area contributed by atoms with Gasteiger partial charge in [-0.05, 0) is 0 Å². The standard InChI is InChI=1S/C48H40N10P2/c1-31-15-32-23-49-27-53-38(32)19-42(31)57(2)44-21-40-34(25-51-29-55-40)17-47(44)60(4,37-13-9-6-10-14-37)48-18-35-26-52-30-56-41(35)22-45(48)58(3)43-20-39-33(24-50-28-54-39)16-46(43)59-36-11-7-5-8-12-36/h5-30,59-60H,1-4H3. The van der Waals surface area contributed by atoms with E-state index in [9.17, 15) is 0 Å². The molecule has 10 nitrogen and oxygen atoms in total. The predicted octanol–water partition coefficient (Wildman–Crippen LogP) is 7.59. The van der Waals surface area contributed by atoms with E-state index >= 15 is 0 Å². The summed E-state index contributed by atoms with van der Waals surface area (Å²) in [6.07, 6.45) is 14.1. The zero-order chi connectivity index (χ0) is 40.8. The number of hydrogen-bond acceptors (Lipinski definition) is 10. The van der Waals surface area contributed by atoms with E-state index in [1.165, 1.54) is 26.5 Å². The average Bonchev–Trinajstić information content (AvgIpc) is 3.30. The van der Waals surface area contributed by atoms with Crippen LogP contribution in [0.15, 0.2) is 159 Å². The van der Waals surface area contributed by atoms with Crippen LogP contribution in [-0.2, 0) is 0 Å². The van der Waals surface area contributed by atoms with Crippen molar-refractivity contribution in [2.24, 2.45) is 0 Å². The van der Waals surface area contributed by atoms with Crippen LogP contribution in [0.4, 0.5) is 22.7 Å². The van der Waals surface area contributed by atoms with Gasteiger partial charge in [-0.2, -0.15) is 0 Å². The molecule has 292 valence electrons. The molecule has 0 bridgehead atoms. The summed E-state index contributed by atoms with van der Waals surface area (Å²) in [6.45, 7) is 4.61. The molecule has 10 aromatic rings. The van der Waals surface area contributed by atoms with Gasteiger partial charge >= 0.3 is 351 Å². The number of aromatic nitrogens is 8. The van der Waals surface area contributed by atoms with E-state index in [0.717, 1.165) is 71.9 Å². The van der Waals surface area contributed by atoms with E-state index in [0.29, 0.717) is 8.58 Å². The van der Waals surface area contributed by atoms with E-state index < -0.39 is 7.26 Å². The van der Waals surface area contributed by atoms with Gasteiger partial charge < -0.3 is 0 Å². The summed E-state index contributed by atoms with van der Waals surface area (Å²) in [4.78, 5) is 41.3. The number of fused-ring (bicyclic) bond motifs is 4. The average molecular weight is 819 g/mol. The van der Waals surface area contributed by atoms with Crippen LogP contribution in [0, 0.1) is 6.92 Å². The van der Waals surface area contributed by atoms with Gasteiger partial charge in [0.05, 0.1) is 0 Å². The van der Waals surface area contributed by atoms with Crippen LogP contribution in [0.25, 0.3) is 43.6 Å². The predicted molar refractivity (Wildman–Crippen MR) is 253 cm³/mol. The number of hydrogen-bond donors (Lipinski definition) is 0. The zero-order valence-electron chi connectivity index (χ0n) is 33.5. The molecule has 0 N–H and O–H groups in total. The minimum atomic E-state index is -3.05. The Hall–Kier alpha value is -6.86. The van der Waals surface area contributed by atoms with Crippen molar-refractivity contribution < 1.29 is 0 Å². The van der Waals surface area contributed by atoms with Gasteiger partial charge in [0.1, 0.15) is 0 Å². The summed E-state index contributed by atoms with van der Waals surface area (Å²) in [5.41, 5.74) is 8.86. The Labute approximate surface area is 349 Å². The summed E-state index contributed by atoms with van der Waals surface area (Å²) in [5.74, 6) is 0. The molecule has 0 amide bonds. The van der Waals surface area contributed by atoms with Gasteiger partial charge in [0.25, 0.3) is 0 Å². The topological polar surface area (TPSA) is 110 Å². The molecule has 0 aliphatic rings. The Kier molecular flexibility index (Phi) is 9.59. The van der Waals surface area contributed by atoms with Gasteiger partial charge in [0.15, 0.2) is 0 Å². The van der Waals surface area contributed by atoms with Crippen molar-refractivity contribution in [2.75, 3.05) is 30.6 Å². The molecular formula is C48H40N10P2. The Morgan fingerprint density at radius 1 is 0.467 bits per heavy atom. The normalized spacial score (nSPS) is 12.2. The molecule has 1 atom stereocenters. The van der Waals surface area contributed by atoms with Gasteiger partial charge in [-0.1, -0.05) is 0 Å². The fourth-order valence-corrected chi connectivity index (χ4v) is 13.9. The van der Waals surface area contributed by atoms with Crippen molar-refractivity contribution in [2.45, 2.75) is 6.92 Å². The van der Waals surface area contributed by atoms with Crippen LogP contribution in [0.5, 0.6) is 0 Å². The van der Waals surface area contributed by atoms with E-state index in [1.807, 2.05) is 24.8 Å². The fraction of sp³-hybridized carbons (Fsp3) is 0.0833. The monoisotopic (exact) mass is 818 g/mol. The molecule has 0 aliphatic heterocycles. The molecule has 1 unspecified atom stereocenters. The Balaban J connectivity index is 1.26. The van der Waals surface area contributed by atoms with Crippen molar-refractivity contribution in [3.63, 3.8) is 0 Å². The van der Waals surface area contributed by atoms with Gasteiger partial charge in [-0.15, -0.1) is 0 Å². The second-order valence-corrected chi connectivity index (χ2v) is 20.4. The molecule has 6 aromatic carbocycles. The second-order valence-electron chi connectivity index (χ2n) is 15.2. The third-order valence-corrected chi connectivity index (χ3v) is 17.4.